The summed E-state index contributed by atoms with van der Waals surface area (Å²) in [7, 11) is 0. The number of aromatic nitrogens is 1. The summed E-state index contributed by atoms with van der Waals surface area (Å²) in [6.45, 7) is 0. The lowest BCUT2D eigenvalue weighted by atomic mass is 10.3. The van der Waals surface area contributed by atoms with Crippen LogP contribution < -0.4 is 5.32 Å². The minimum atomic E-state index is -0.971. The molecule has 0 bridgehead atoms. The molecule has 0 spiro atoms. The van der Waals surface area contributed by atoms with Gasteiger partial charge in [-0.1, -0.05) is 6.07 Å². The van der Waals surface area contributed by atoms with Gasteiger partial charge >= 0.3 is 0 Å². The molecule has 82 valence electrons. The Morgan fingerprint density at radius 2 is 1.75 bits per heavy atom. The Labute approximate surface area is 89.8 Å². The Balaban J connectivity index is 2.24. The Hall–Kier alpha value is -2.04. The van der Waals surface area contributed by atoms with Gasteiger partial charge in [-0.15, -0.1) is 0 Å². The van der Waals surface area contributed by atoms with E-state index < -0.39 is 17.6 Å². The summed E-state index contributed by atoms with van der Waals surface area (Å²) in [5, 5.41) is 2.66. The van der Waals surface area contributed by atoms with Crippen molar-refractivity contribution in [2.24, 2.45) is 0 Å². The zero-order chi connectivity index (χ0) is 11.5. The van der Waals surface area contributed by atoms with Gasteiger partial charge in [0.25, 0.3) is 0 Å². The van der Waals surface area contributed by atoms with Gasteiger partial charge in [0.15, 0.2) is 11.6 Å². The van der Waals surface area contributed by atoms with Crippen LogP contribution in [0.25, 0.3) is 0 Å². The summed E-state index contributed by atoms with van der Waals surface area (Å²) in [4.78, 5) is 3.53. The number of pyridine rings is 1. The van der Waals surface area contributed by atoms with Crippen LogP contribution in [0, 0.1) is 17.6 Å². The molecule has 5 heteroatoms. The Morgan fingerprint density at radius 3 is 2.44 bits per heavy atom. The largest absolute Gasteiger partial charge is 0.340 e. The van der Waals surface area contributed by atoms with Crippen molar-refractivity contribution in [2.75, 3.05) is 5.32 Å². The van der Waals surface area contributed by atoms with Crippen LogP contribution in [0.5, 0.6) is 0 Å². The minimum absolute atomic E-state index is 0.228. The van der Waals surface area contributed by atoms with Crippen LogP contribution in [0.2, 0.25) is 0 Å². The van der Waals surface area contributed by atoms with E-state index in [1.807, 2.05) is 0 Å². The Bertz CT molecular complexity index is 514. The highest BCUT2D eigenvalue weighted by Crippen LogP contribution is 2.17. The molecule has 16 heavy (non-hydrogen) atoms. The molecule has 2 aromatic rings. The molecule has 2 nitrogen and oxygen atoms in total. The van der Waals surface area contributed by atoms with Gasteiger partial charge < -0.3 is 5.32 Å². The van der Waals surface area contributed by atoms with Crippen LogP contribution in [-0.2, 0) is 0 Å². The monoisotopic (exact) mass is 224 g/mol. The molecule has 0 fully saturated rings. The number of hydrogen-bond acceptors (Lipinski definition) is 2. The van der Waals surface area contributed by atoms with Crippen molar-refractivity contribution >= 4 is 11.5 Å². The second-order valence-electron chi connectivity index (χ2n) is 3.10. The third-order valence-corrected chi connectivity index (χ3v) is 1.91. The third-order valence-electron chi connectivity index (χ3n) is 1.91. The van der Waals surface area contributed by atoms with Crippen LogP contribution in [-0.4, -0.2) is 4.98 Å². The van der Waals surface area contributed by atoms with Crippen molar-refractivity contribution in [1.29, 1.82) is 0 Å². The second-order valence-corrected chi connectivity index (χ2v) is 3.10. The van der Waals surface area contributed by atoms with Crippen molar-refractivity contribution in [3.8, 4) is 0 Å². The maximum Gasteiger partial charge on any atom is 0.214 e. The predicted molar refractivity (Wildman–Crippen MR) is 53.8 cm³/mol. The molecule has 1 aromatic carbocycles. The molecule has 0 aliphatic rings. The normalized spacial score (nSPS) is 10.2. The number of hydrogen-bond donors (Lipinski definition) is 1. The molecule has 0 aliphatic carbocycles. The highest BCUT2D eigenvalue weighted by atomic mass is 19.2. The van der Waals surface area contributed by atoms with Gasteiger partial charge in [0.1, 0.15) is 5.82 Å². The number of nitrogens with zero attached hydrogens (tertiary/aromatic N) is 1. The van der Waals surface area contributed by atoms with Crippen LogP contribution in [0.1, 0.15) is 0 Å². The van der Waals surface area contributed by atoms with E-state index in [-0.39, 0.29) is 5.82 Å². The SMILES string of the molecule is Fc1cccc(Nc2ccc(F)c(F)c2)n1. The molecule has 1 aromatic heterocycles. The number of anilines is 2. The first-order valence-corrected chi connectivity index (χ1v) is 4.50. The first-order chi connectivity index (χ1) is 7.65. The van der Waals surface area contributed by atoms with Crippen LogP contribution in [0.15, 0.2) is 36.4 Å². The lowest BCUT2D eigenvalue weighted by molar-refractivity contribution is 0.509. The van der Waals surface area contributed by atoms with E-state index in [9.17, 15) is 13.2 Å². The van der Waals surface area contributed by atoms with Crippen LogP contribution in [0.4, 0.5) is 24.7 Å². The van der Waals surface area contributed by atoms with E-state index in [1.54, 1.807) is 0 Å². The first-order valence-electron chi connectivity index (χ1n) is 4.50. The van der Waals surface area contributed by atoms with Gasteiger partial charge in [-0.25, -0.2) is 13.8 Å². The summed E-state index contributed by atoms with van der Waals surface area (Å²) in [5.41, 5.74) is 0.303. The Morgan fingerprint density at radius 1 is 0.938 bits per heavy atom. The number of rotatable bonds is 2. The molecular weight excluding hydrogens is 217 g/mol. The van der Waals surface area contributed by atoms with E-state index in [0.29, 0.717) is 5.69 Å². The quantitative estimate of drug-likeness (QED) is 0.792. The molecule has 2 rings (SSSR count). The fourth-order valence-corrected chi connectivity index (χ4v) is 1.20. The molecule has 0 aliphatic heterocycles. The fourth-order valence-electron chi connectivity index (χ4n) is 1.20. The van der Waals surface area contributed by atoms with Crippen molar-refractivity contribution in [3.63, 3.8) is 0 Å². The number of halogens is 3. The molecular formula is C11H7F3N2. The van der Waals surface area contributed by atoms with Gasteiger partial charge in [-0.2, -0.15) is 4.39 Å². The van der Waals surface area contributed by atoms with Crippen molar-refractivity contribution < 1.29 is 13.2 Å². The zero-order valence-electron chi connectivity index (χ0n) is 8.05. The van der Waals surface area contributed by atoms with Gasteiger partial charge in [-0.05, 0) is 24.3 Å². The molecule has 1 N–H and O–H groups in total. The lowest BCUT2D eigenvalue weighted by Gasteiger charge is -2.05. The standard InChI is InChI=1S/C11H7F3N2/c12-8-5-4-7(6-9(8)13)15-11-3-1-2-10(14)16-11/h1-6H,(H,15,16). The van der Waals surface area contributed by atoms with Crippen LogP contribution in [0.3, 0.4) is 0 Å². The van der Waals surface area contributed by atoms with Gasteiger partial charge in [0.05, 0.1) is 0 Å². The number of nitrogens with one attached hydrogen (secondary N) is 1. The first kappa shape index (κ1) is 10.5. The third kappa shape index (κ3) is 2.31. The molecule has 0 atom stereocenters. The zero-order valence-corrected chi connectivity index (χ0v) is 8.05. The Kier molecular flexibility index (Phi) is 2.76. The molecule has 0 saturated heterocycles. The highest BCUT2D eigenvalue weighted by molar-refractivity contribution is 5.55. The molecule has 1 heterocycles. The minimum Gasteiger partial charge on any atom is -0.340 e. The lowest BCUT2D eigenvalue weighted by Crippen LogP contribution is -1.96. The second kappa shape index (κ2) is 4.22. The van der Waals surface area contributed by atoms with E-state index >= 15 is 0 Å². The summed E-state index contributed by atoms with van der Waals surface area (Å²) in [6.07, 6.45) is 0. The maximum atomic E-state index is 12.9. The summed E-state index contributed by atoms with van der Waals surface area (Å²) < 4.78 is 38.2. The topological polar surface area (TPSA) is 24.9 Å². The van der Waals surface area contributed by atoms with E-state index in [4.69, 9.17) is 0 Å². The number of benzene rings is 1. The molecule has 0 unspecified atom stereocenters. The predicted octanol–water partition coefficient (Wildman–Crippen LogP) is 3.24. The van der Waals surface area contributed by atoms with Gasteiger partial charge in [0.2, 0.25) is 5.95 Å². The van der Waals surface area contributed by atoms with E-state index in [2.05, 4.69) is 10.3 Å². The van der Waals surface area contributed by atoms with Crippen molar-refractivity contribution in [2.45, 2.75) is 0 Å². The molecule has 0 radical (unpaired) electrons. The van der Waals surface area contributed by atoms with E-state index in [1.165, 1.54) is 24.3 Å². The van der Waals surface area contributed by atoms with Crippen molar-refractivity contribution in [1.82, 2.24) is 4.98 Å². The average Bonchev–Trinajstić information content (AvgIpc) is 2.24. The maximum absolute atomic E-state index is 12.9. The van der Waals surface area contributed by atoms with Crippen LogP contribution >= 0.6 is 0 Å². The van der Waals surface area contributed by atoms with E-state index in [0.717, 1.165) is 12.1 Å². The summed E-state index contributed by atoms with van der Waals surface area (Å²) in [5.74, 6) is -2.32. The molecule has 0 saturated carbocycles. The van der Waals surface area contributed by atoms with Gasteiger partial charge in [0, 0.05) is 11.8 Å². The summed E-state index contributed by atoms with van der Waals surface area (Å²) in [6, 6.07) is 7.47. The average molecular weight is 224 g/mol. The highest BCUT2D eigenvalue weighted by Gasteiger charge is 2.03. The smallest absolute Gasteiger partial charge is 0.214 e. The fraction of sp³-hybridized carbons (Fsp3) is 0. The molecule has 0 amide bonds. The summed E-state index contributed by atoms with van der Waals surface area (Å²) >= 11 is 0. The van der Waals surface area contributed by atoms with Crippen molar-refractivity contribution in [3.05, 3.63) is 54.0 Å². The van der Waals surface area contributed by atoms with Gasteiger partial charge in [-0.3, -0.25) is 0 Å².